The second-order valence-electron chi connectivity index (χ2n) is 8.40. The van der Waals surface area contributed by atoms with E-state index in [4.69, 9.17) is 9.47 Å². The maximum atomic E-state index is 13.6. The van der Waals surface area contributed by atoms with Crippen molar-refractivity contribution in [2.75, 3.05) is 6.61 Å². The summed E-state index contributed by atoms with van der Waals surface area (Å²) in [7, 11) is 0. The second kappa shape index (κ2) is 5.11. The molecule has 1 aromatic carbocycles. The maximum absolute atomic E-state index is 13.6. The Morgan fingerprint density at radius 1 is 1.29 bits per heavy atom. The number of benzene rings is 1. The lowest BCUT2D eigenvalue weighted by atomic mass is 9.90. The van der Waals surface area contributed by atoms with Crippen LogP contribution in [0.15, 0.2) is 24.3 Å². The number of hydrogen-bond acceptors (Lipinski definition) is 3. The van der Waals surface area contributed by atoms with Crippen molar-refractivity contribution in [1.82, 2.24) is 4.90 Å². The Bertz CT molecular complexity index is 671. The van der Waals surface area contributed by atoms with Crippen LogP contribution in [0.2, 0.25) is 0 Å². The van der Waals surface area contributed by atoms with Gasteiger partial charge in [0, 0.05) is 17.5 Å². The third kappa shape index (κ3) is 2.45. The van der Waals surface area contributed by atoms with Gasteiger partial charge in [0.1, 0.15) is 5.60 Å². The van der Waals surface area contributed by atoms with E-state index in [0.717, 1.165) is 19.3 Å². The zero-order valence-corrected chi connectivity index (χ0v) is 14.4. The summed E-state index contributed by atoms with van der Waals surface area (Å²) >= 11 is 0. The van der Waals surface area contributed by atoms with Gasteiger partial charge in [-0.2, -0.15) is 0 Å². The van der Waals surface area contributed by atoms with Gasteiger partial charge in [-0.05, 0) is 58.1 Å². The molecule has 4 unspecified atom stereocenters. The Labute approximate surface area is 141 Å². The van der Waals surface area contributed by atoms with Gasteiger partial charge in [0.2, 0.25) is 0 Å². The standard InChI is InChI=1S/C19H24FNO3/c1-18(2,3)24-17(22)21-15-8-12(9-19(15)10-16(19)21)11-23-14-7-5-4-6-13(14)20/h4-7,12,15-16H,8-11H2,1-3H3. The van der Waals surface area contributed by atoms with Crippen LogP contribution in [0.1, 0.15) is 40.0 Å². The van der Waals surface area contributed by atoms with Crippen LogP contribution in [0.25, 0.3) is 0 Å². The van der Waals surface area contributed by atoms with Crippen molar-refractivity contribution >= 4 is 6.09 Å². The number of hydrogen-bond donors (Lipinski definition) is 0. The first-order chi connectivity index (χ1) is 11.3. The number of ether oxygens (including phenoxy) is 2. The molecule has 1 saturated heterocycles. The highest BCUT2D eigenvalue weighted by atomic mass is 19.1. The number of carbonyl (C=O) groups is 1. The predicted octanol–water partition coefficient (Wildman–Crippen LogP) is 3.99. The zero-order valence-electron chi connectivity index (χ0n) is 14.4. The normalized spacial score (nSPS) is 33.3. The molecular formula is C19H24FNO3. The average molecular weight is 333 g/mol. The molecule has 4 nitrogen and oxygen atoms in total. The number of likely N-dealkylation sites (tertiary alicyclic amines) is 1. The van der Waals surface area contributed by atoms with Crippen molar-refractivity contribution in [3.05, 3.63) is 30.1 Å². The van der Waals surface area contributed by atoms with Crippen molar-refractivity contribution in [1.29, 1.82) is 0 Å². The Kier molecular flexibility index (Phi) is 3.35. The van der Waals surface area contributed by atoms with E-state index in [1.165, 1.54) is 6.07 Å². The summed E-state index contributed by atoms with van der Waals surface area (Å²) in [4.78, 5) is 14.3. The molecule has 1 aliphatic heterocycles. The molecule has 0 aromatic heterocycles. The van der Waals surface area contributed by atoms with Crippen molar-refractivity contribution < 1.29 is 18.7 Å². The topological polar surface area (TPSA) is 38.8 Å². The number of rotatable bonds is 3. The molecule has 4 atom stereocenters. The van der Waals surface area contributed by atoms with Crippen LogP contribution in [0.3, 0.4) is 0 Å². The Morgan fingerprint density at radius 3 is 2.75 bits per heavy atom. The van der Waals surface area contributed by atoms with Crippen molar-refractivity contribution in [2.45, 2.75) is 57.7 Å². The van der Waals surface area contributed by atoms with Gasteiger partial charge in [0.25, 0.3) is 0 Å². The molecule has 3 fully saturated rings. The summed E-state index contributed by atoms with van der Waals surface area (Å²) in [5.74, 6) is 0.356. The van der Waals surface area contributed by atoms with E-state index in [2.05, 4.69) is 0 Å². The molecule has 1 aromatic rings. The number of amides is 1. The second-order valence-corrected chi connectivity index (χ2v) is 8.40. The maximum Gasteiger partial charge on any atom is 0.410 e. The summed E-state index contributed by atoms with van der Waals surface area (Å²) in [6.45, 7) is 6.19. The Balaban J connectivity index is 1.35. The third-order valence-electron chi connectivity index (χ3n) is 5.55. The average Bonchev–Trinajstić information content (AvgIpc) is 2.95. The molecule has 5 heteroatoms. The fraction of sp³-hybridized carbons (Fsp3) is 0.632. The summed E-state index contributed by atoms with van der Waals surface area (Å²) in [6.07, 6.45) is 2.87. The van der Waals surface area contributed by atoms with Crippen LogP contribution in [-0.4, -0.2) is 35.3 Å². The summed E-state index contributed by atoms with van der Waals surface area (Å²) < 4.78 is 24.8. The molecule has 24 heavy (non-hydrogen) atoms. The van der Waals surface area contributed by atoms with Crippen LogP contribution >= 0.6 is 0 Å². The van der Waals surface area contributed by atoms with Crippen LogP contribution in [0.5, 0.6) is 5.75 Å². The first-order valence-electron chi connectivity index (χ1n) is 8.69. The number of para-hydroxylation sites is 1. The van der Waals surface area contributed by atoms with Gasteiger partial charge >= 0.3 is 6.09 Å². The van der Waals surface area contributed by atoms with E-state index < -0.39 is 5.60 Å². The van der Waals surface area contributed by atoms with Gasteiger partial charge in [0.15, 0.2) is 11.6 Å². The fourth-order valence-corrected chi connectivity index (χ4v) is 4.55. The summed E-state index contributed by atoms with van der Waals surface area (Å²) in [6, 6.07) is 7.11. The van der Waals surface area contributed by atoms with Gasteiger partial charge in [0.05, 0.1) is 6.61 Å². The first-order valence-corrected chi connectivity index (χ1v) is 8.69. The smallest absolute Gasteiger partial charge is 0.410 e. The van der Waals surface area contributed by atoms with Crippen LogP contribution in [0, 0.1) is 17.2 Å². The van der Waals surface area contributed by atoms with E-state index in [9.17, 15) is 9.18 Å². The largest absolute Gasteiger partial charge is 0.490 e. The van der Waals surface area contributed by atoms with Crippen LogP contribution in [-0.2, 0) is 4.74 Å². The minimum Gasteiger partial charge on any atom is -0.490 e. The number of halogens is 1. The monoisotopic (exact) mass is 333 g/mol. The van der Waals surface area contributed by atoms with Crippen molar-refractivity contribution in [2.24, 2.45) is 11.3 Å². The Morgan fingerprint density at radius 2 is 2.04 bits per heavy atom. The van der Waals surface area contributed by atoms with E-state index >= 15 is 0 Å². The Hall–Kier alpha value is -1.78. The SMILES string of the molecule is CC(C)(C)OC(=O)N1C2CC(COc3ccccc3F)CC23CC13. The summed E-state index contributed by atoms with van der Waals surface area (Å²) in [5.41, 5.74) is -0.170. The lowest BCUT2D eigenvalue weighted by molar-refractivity contribution is -0.0222. The van der Waals surface area contributed by atoms with E-state index in [1.54, 1.807) is 18.2 Å². The lowest BCUT2D eigenvalue weighted by Gasteiger charge is -2.43. The van der Waals surface area contributed by atoms with E-state index in [-0.39, 0.29) is 18.0 Å². The van der Waals surface area contributed by atoms with E-state index in [1.807, 2.05) is 25.7 Å². The molecule has 0 bridgehead atoms. The molecule has 1 spiro atoms. The minimum absolute atomic E-state index is 0.193. The predicted molar refractivity (Wildman–Crippen MR) is 87.3 cm³/mol. The van der Waals surface area contributed by atoms with Crippen molar-refractivity contribution in [3.8, 4) is 5.75 Å². The molecule has 3 aliphatic rings. The molecule has 0 radical (unpaired) electrons. The highest BCUT2D eigenvalue weighted by molar-refractivity contribution is 5.73. The van der Waals surface area contributed by atoms with Gasteiger partial charge in [-0.25, -0.2) is 9.18 Å². The van der Waals surface area contributed by atoms with Gasteiger partial charge in [-0.3, -0.25) is 0 Å². The molecule has 1 amide bonds. The quantitative estimate of drug-likeness (QED) is 0.839. The fourth-order valence-electron chi connectivity index (χ4n) is 4.55. The zero-order chi connectivity index (χ0) is 17.1. The molecule has 2 aliphatic carbocycles. The molecular weight excluding hydrogens is 309 g/mol. The van der Waals surface area contributed by atoms with E-state index in [0.29, 0.717) is 29.7 Å². The highest BCUT2D eigenvalue weighted by Crippen LogP contribution is 2.71. The molecule has 130 valence electrons. The van der Waals surface area contributed by atoms with Gasteiger partial charge in [-0.15, -0.1) is 0 Å². The third-order valence-corrected chi connectivity index (χ3v) is 5.55. The van der Waals surface area contributed by atoms with Gasteiger partial charge < -0.3 is 14.4 Å². The summed E-state index contributed by atoms with van der Waals surface area (Å²) in [5, 5.41) is 0. The number of nitrogens with zero attached hydrogens (tertiary/aromatic N) is 1. The molecule has 2 saturated carbocycles. The van der Waals surface area contributed by atoms with Crippen molar-refractivity contribution in [3.63, 3.8) is 0 Å². The van der Waals surface area contributed by atoms with Gasteiger partial charge in [-0.1, -0.05) is 12.1 Å². The number of carbonyl (C=O) groups excluding carboxylic acids is 1. The van der Waals surface area contributed by atoms with Crippen LogP contribution in [0.4, 0.5) is 9.18 Å². The minimum atomic E-state index is -0.462. The lowest BCUT2D eigenvalue weighted by Crippen LogP contribution is -2.57. The molecule has 4 rings (SSSR count). The first kappa shape index (κ1) is 15.7. The molecule has 1 heterocycles. The van der Waals surface area contributed by atoms with Crippen LogP contribution < -0.4 is 4.74 Å². The molecule has 0 N–H and O–H groups in total. The highest BCUT2D eigenvalue weighted by Gasteiger charge is 2.77.